The smallest absolute Gasteiger partial charge is 0 e. The third kappa shape index (κ3) is 58.7. The molecule has 0 bridgehead atoms. The Kier molecular flexibility index (Phi) is 616. The maximum atomic E-state index is 0. The summed E-state index contributed by atoms with van der Waals surface area (Å²) in [5.74, 6) is 0. The van der Waals surface area contributed by atoms with Crippen LogP contribution >= 0.6 is 0 Å². The van der Waals surface area contributed by atoms with E-state index in [-0.39, 0.29) is 228 Å². The molecule has 0 fully saturated rings. The third-order valence-electron chi connectivity index (χ3n) is 0. The van der Waals surface area contributed by atoms with Crippen molar-refractivity contribution in [1.82, 2.24) is 0 Å². The van der Waals surface area contributed by atoms with Crippen LogP contribution in [0.2, 0.25) is 0 Å². The van der Waals surface area contributed by atoms with Crippen LogP contribution in [0.3, 0.4) is 0 Å². The van der Waals surface area contributed by atoms with Crippen molar-refractivity contribution < 1.29 is 107 Å². The van der Waals surface area contributed by atoms with Crippen molar-refractivity contribution in [2.45, 2.75) is 0 Å². The molecule has 0 saturated heterocycles. The van der Waals surface area contributed by atoms with Crippen molar-refractivity contribution >= 4 is 122 Å². The molecule has 0 aromatic rings. The Hall–Kier alpha value is 7.31. The topological polar surface area (TPSA) is 0 Å². The Bertz CT molecular complexity index is 8.81. The van der Waals surface area contributed by atoms with Crippen LogP contribution in [0, 0.1) is 107 Å². The van der Waals surface area contributed by atoms with Gasteiger partial charge in [0.2, 0.25) is 0 Å². The summed E-state index contributed by atoms with van der Waals surface area (Å²) in [6.07, 6.45) is 0. The molecule has 0 rings (SSSR count). The zero-order valence-electron chi connectivity index (χ0n) is 5.77. The van der Waals surface area contributed by atoms with Gasteiger partial charge < -0.3 is 0 Å². The van der Waals surface area contributed by atoms with Crippen molar-refractivity contribution in [3.05, 3.63) is 0 Å². The van der Waals surface area contributed by atoms with Crippen molar-refractivity contribution in [3.63, 3.8) is 0 Å². The minimum absolute atomic E-state index is 0. The van der Waals surface area contributed by atoms with Gasteiger partial charge in [0.05, 0.1) is 0 Å². The first-order valence-corrected chi connectivity index (χ1v) is 0. The molecule has 0 aliphatic carbocycles. The molecule has 0 saturated carbocycles. The van der Waals surface area contributed by atoms with Gasteiger partial charge in [0.15, 0.2) is 0 Å². The van der Waals surface area contributed by atoms with Crippen LogP contribution in [-0.2, 0) is 0 Å². The molecule has 0 unspecified atom stereocenters. The summed E-state index contributed by atoms with van der Waals surface area (Å²) in [6.45, 7) is 0. The van der Waals surface area contributed by atoms with E-state index < -0.39 is 0 Å². The van der Waals surface area contributed by atoms with Crippen molar-refractivity contribution in [3.8, 4) is 0 Å². The molecule has 0 nitrogen and oxygen atoms in total. The van der Waals surface area contributed by atoms with Crippen molar-refractivity contribution in [1.29, 1.82) is 0 Å². The predicted molar refractivity (Wildman–Crippen MR) is 40.3 cm³/mol. The molecule has 0 aliphatic rings. The molecule has 0 aromatic carbocycles. The largest absolute Gasteiger partial charge is 0 e. The second-order valence-electron chi connectivity index (χ2n) is 0. The van der Waals surface area contributed by atoms with Crippen LogP contribution in [0.1, 0.15) is 0 Å². The average molecular weight is 606 g/mol. The summed E-state index contributed by atoms with van der Waals surface area (Å²) in [5, 5.41) is 0. The van der Waals surface area contributed by atoms with Crippen LogP contribution in [0.25, 0.3) is 0 Å². The molecule has 10 heteroatoms. The van der Waals surface area contributed by atoms with E-state index >= 15 is 0 Å². The zero-order valence-corrected chi connectivity index (χ0v) is 24.7. The number of hydrogen-bond acceptors (Lipinski definition) is 0. The molecule has 0 spiro atoms. The Balaban J connectivity index is 0. The van der Waals surface area contributed by atoms with Gasteiger partial charge in [-0.25, -0.2) is 0 Å². The first kappa shape index (κ1) is 86.2. The van der Waals surface area contributed by atoms with E-state index in [1.807, 2.05) is 0 Å². The minimum atomic E-state index is 0. The summed E-state index contributed by atoms with van der Waals surface area (Å²) in [4.78, 5) is 0. The average Bonchev–Trinajstić information content (AvgIpc) is 0. The molecular formula is Al7La3. The van der Waals surface area contributed by atoms with Crippen molar-refractivity contribution in [2.75, 3.05) is 0 Å². The van der Waals surface area contributed by atoms with E-state index in [9.17, 15) is 0 Å². The Labute approximate surface area is 222 Å². The summed E-state index contributed by atoms with van der Waals surface area (Å²) in [5.41, 5.74) is 0. The van der Waals surface area contributed by atoms with Gasteiger partial charge >= 0.3 is 0 Å². The Morgan fingerprint density at radius 3 is 0.200 bits per heavy atom. The van der Waals surface area contributed by atoms with Gasteiger partial charge in [-0.1, -0.05) is 0 Å². The van der Waals surface area contributed by atoms with E-state index in [4.69, 9.17) is 0 Å². The fraction of sp³-hybridized carbons (Fsp3) is 0. The second kappa shape index (κ2) is 71.5. The summed E-state index contributed by atoms with van der Waals surface area (Å²) >= 11 is 0. The molecule has 0 heterocycles. The summed E-state index contributed by atoms with van der Waals surface area (Å²) in [7, 11) is 0. The second-order valence-corrected chi connectivity index (χ2v) is 0. The Morgan fingerprint density at radius 2 is 0.200 bits per heavy atom. The van der Waals surface area contributed by atoms with Gasteiger partial charge in [-0.2, -0.15) is 0 Å². The van der Waals surface area contributed by atoms with Crippen LogP contribution in [-0.4, -0.2) is 122 Å². The minimum Gasteiger partial charge on any atom is 0 e. The fourth-order valence-corrected chi connectivity index (χ4v) is 0. The number of hydrogen-bond donors (Lipinski definition) is 0. The van der Waals surface area contributed by atoms with E-state index in [1.165, 1.54) is 0 Å². The maximum Gasteiger partial charge on any atom is 0 e. The summed E-state index contributed by atoms with van der Waals surface area (Å²) < 4.78 is 0. The van der Waals surface area contributed by atoms with Gasteiger partial charge in [-0.3, -0.25) is 0 Å². The first-order valence-electron chi connectivity index (χ1n) is 0. The monoisotopic (exact) mass is 606 g/mol. The standard InChI is InChI=1S/7Al.3La. The molecule has 30 valence electrons. The van der Waals surface area contributed by atoms with E-state index in [0.717, 1.165) is 0 Å². The van der Waals surface area contributed by atoms with Crippen LogP contribution in [0.4, 0.5) is 0 Å². The molecule has 0 aromatic heterocycles. The van der Waals surface area contributed by atoms with Crippen LogP contribution in [0.5, 0.6) is 0 Å². The van der Waals surface area contributed by atoms with Crippen LogP contribution in [0.15, 0.2) is 0 Å². The van der Waals surface area contributed by atoms with Gasteiger partial charge in [-0.05, 0) is 0 Å². The van der Waals surface area contributed by atoms with E-state index in [1.54, 1.807) is 0 Å². The molecular weight excluding hydrogens is 606 g/mol. The summed E-state index contributed by atoms with van der Waals surface area (Å²) in [6, 6.07) is 0. The van der Waals surface area contributed by atoms with Crippen LogP contribution < -0.4 is 0 Å². The van der Waals surface area contributed by atoms with E-state index in [2.05, 4.69) is 0 Å². The number of rotatable bonds is 0. The molecule has 0 atom stereocenters. The Morgan fingerprint density at radius 1 is 0.200 bits per heavy atom. The van der Waals surface area contributed by atoms with Gasteiger partial charge in [-0.15, -0.1) is 0 Å². The normalized spacial score (nSPS) is 0. The van der Waals surface area contributed by atoms with Gasteiger partial charge in [0.25, 0.3) is 0 Å². The van der Waals surface area contributed by atoms with Gasteiger partial charge in [0.1, 0.15) is 0 Å². The molecule has 0 aliphatic heterocycles. The van der Waals surface area contributed by atoms with Crippen molar-refractivity contribution in [2.24, 2.45) is 0 Å². The molecule has 0 N–H and O–H groups in total. The molecule has 24 radical (unpaired) electrons. The maximum absolute atomic E-state index is 0. The third-order valence-corrected chi connectivity index (χ3v) is 0. The zero-order chi connectivity index (χ0) is 0. The first-order chi connectivity index (χ1) is 0. The van der Waals surface area contributed by atoms with Gasteiger partial charge in [0, 0.05) is 228 Å². The predicted octanol–water partition coefficient (Wildman–Crippen LogP) is -2.67. The SMILES string of the molecule is [Al].[Al].[Al].[Al].[Al].[Al].[Al].[La].[La].[La]. The fourth-order valence-electron chi connectivity index (χ4n) is 0. The molecule has 0 amide bonds. The quantitative estimate of drug-likeness (QED) is 0.265. The van der Waals surface area contributed by atoms with E-state index in [0.29, 0.717) is 0 Å². The molecule has 10 heavy (non-hydrogen) atoms.